The van der Waals surface area contributed by atoms with Crippen LogP contribution in [-0.4, -0.2) is 0 Å². The third kappa shape index (κ3) is 4.02. The van der Waals surface area contributed by atoms with Crippen LogP contribution in [0.3, 0.4) is 0 Å². The quantitative estimate of drug-likeness (QED) is 0.531. The molecule has 0 amide bonds. The summed E-state index contributed by atoms with van der Waals surface area (Å²) in [5.41, 5.74) is 5.76. The Morgan fingerprint density at radius 1 is 0.875 bits per heavy atom. The van der Waals surface area contributed by atoms with Crippen LogP contribution in [0.2, 0.25) is 0 Å². The third-order valence-corrected chi connectivity index (χ3v) is 4.56. The molecule has 0 saturated carbocycles. The van der Waals surface area contributed by atoms with E-state index in [1.165, 1.54) is 22.3 Å². The van der Waals surface area contributed by atoms with Crippen molar-refractivity contribution in [1.29, 1.82) is 0 Å². The van der Waals surface area contributed by atoms with E-state index >= 15 is 0 Å². The fourth-order valence-electron chi connectivity index (χ4n) is 3.57. The molecule has 2 aromatic rings. The van der Waals surface area contributed by atoms with E-state index in [-0.39, 0.29) is 51.0 Å². The van der Waals surface area contributed by atoms with Crippen LogP contribution in [0, 0.1) is 0 Å². The Morgan fingerprint density at radius 3 is 2.29 bits per heavy atom. The number of halogens is 2. The first-order valence-electron chi connectivity index (χ1n) is 7.61. The minimum Gasteiger partial charge on any atom is -0.147 e. The van der Waals surface area contributed by atoms with E-state index in [4.69, 9.17) is 0 Å². The number of rotatable bonds is 3. The number of allylic oxidation sites excluding steroid dienone is 5. The molecule has 2 aromatic carbocycles. The summed E-state index contributed by atoms with van der Waals surface area (Å²) in [5, 5.41) is 0. The van der Waals surface area contributed by atoms with Gasteiger partial charge in [-0.05, 0) is 23.1 Å². The minimum atomic E-state index is 0. The zero-order valence-electron chi connectivity index (χ0n) is 13.3. The Hall–Kier alpha value is -0.877. The first-order valence-corrected chi connectivity index (χ1v) is 7.61. The van der Waals surface area contributed by atoms with Crippen molar-refractivity contribution in [1.82, 2.24) is 0 Å². The molecule has 0 fully saturated rings. The largest absolute Gasteiger partial charge is 0.147 e. The molecule has 3 heteroatoms. The molecule has 0 bridgehead atoms. The van der Waals surface area contributed by atoms with Gasteiger partial charge in [0.1, 0.15) is 0 Å². The summed E-state index contributed by atoms with van der Waals surface area (Å²) in [5.74, 6) is 0.899. The molecule has 0 aliphatic heterocycles. The topological polar surface area (TPSA) is 0 Å². The predicted octanol–water partition coefficient (Wildman–Crippen LogP) is 6.31. The summed E-state index contributed by atoms with van der Waals surface area (Å²) in [7, 11) is 0. The molecule has 0 nitrogen and oxygen atoms in total. The molecule has 2 aliphatic carbocycles. The van der Waals surface area contributed by atoms with E-state index in [2.05, 4.69) is 85.0 Å². The summed E-state index contributed by atoms with van der Waals surface area (Å²) in [6, 6.07) is 19.7. The molecule has 4 rings (SSSR count). The zero-order chi connectivity index (χ0) is 14.1. The maximum absolute atomic E-state index is 2.38. The van der Waals surface area contributed by atoms with Crippen LogP contribution in [0.4, 0.5) is 0 Å². The van der Waals surface area contributed by atoms with Crippen LogP contribution in [0.5, 0.6) is 0 Å². The van der Waals surface area contributed by atoms with Gasteiger partial charge in [0.15, 0.2) is 0 Å². The van der Waals surface area contributed by atoms with Crippen molar-refractivity contribution in [2.24, 2.45) is 0 Å². The van der Waals surface area contributed by atoms with Gasteiger partial charge >= 0.3 is 0 Å². The Kier molecular flexibility index (Phi) is 8.44. The van der Waals surface area contributed by atoms with Crippen molar-refractivity contribution in [3.63, 3.8) is 0 Å². The van der Waals surface area contributed by atoms with Gasteiger partial charge in [0.25, 0.3) is 0 Å². The summed E-state index contributed by atoms with van der Waals surface area (Å²) < 4.78 is 0. The number of benzene rings is 2. The second kappa shape index (κ2) is 9.57. The first kappa shape index (κ1) is 21.2. The molecular formula is C21H20Cl2Zr. The molecule has 0 spiro atoms. The average molecular weight is 435 g/mol. The molecule has 2 unspecified atom stereocenters. The second-order valence-corrected chi connectivity index (χ2v) is 5.78. The summed E-state index contributed by atoms with van der Waals surface area (Å²) in [6.07, 6.45) is 12.5. The molecule has 24 heavy (non-hydrogen) atoms. The van der Waals surface area contributed by atoms with Gasteiger partial charge in [0.05, 0.1) is 0 Å². The van der Waals surface area contributed by atoms with Gasteiger partial charge in [0.2, 0.25) is 0 Å². The van der Waals surface area contributed by atoms with E-state index in [0.717, 1.165) is 6.42 Å². The normalized spacial score (nSPS) is 17.8. The van der Waals surface area contributed by atoms with Crippen LogP contribution in [0.15, 0.2) is 84.5 Å². The van der Waals surface area contributed by atoms with E-state index in [1.807, 2.05) is 0 Å². The standard InChI is InChI=1S/C21H18.2ClH.Zr/c1-2-9-17(10-3-1)21(18-11-4-5-12-18)20-15-14-16-8-6-7-13-19(16)20;;;/h1-11,13-15,20-21H,12H2;2*1H;. The van der Waals surface area contributed by atoms with Gasteiger partial charge in [-0.1, -0.05) is 90.6 Å². The van der Waals surface area contributed by atoms with Crippen molar-refractivity contribution < 1.29 is 26.2 Å². The average Bonchev–Trinajstić information content (AvgIpc) is 3.20. The predicted molar refractivity (Wildman–Crippen MR) is 104 cm³/mol. The fourth-order valence-corrected chi connectivity index (χ4v) is 3.57. The molecular weight excluding hydrogens is 414 g/mol. The van der Waals surface area contributed by atoms with Crippen LogP contribution >= 0.6 is 24.8 Å². The van der Waals surface area contributed by atoms with Gasteiger partial charge in [-0.15, -0.1) is 24.8 Å². The Bertz CT molecular complexity index is 747. The van der Waals surface area contributed by atoms with Gasteiger partial charge in [0, 0.05) is 38.0 Å². The van der Waals surface area contributed by atoms with Crippen LogP contribution < -0.4 is 0 Å². The van der Waals surface area contributed by atoms with Crippen LogP contribution in [0.25, 0.3) is 6.08 Å². The number of hydrogen-bond acceptors (Lipinski definition) is 0. The van der Waals surface area contributed by atoms with Crippen molar-refractivity contribution >= 4 is 30.9 Å². The first-order chi connectivity index (χ1) is 10.4. The van der Waals surface area contributed by atoms with Crippen molar-refractivity contribution in [2.45, 2.75) is 18.3 Å². The molecule has 0 N–H and O–H groups in total. The van der Waals surface area contributed by atoms with E-state index in [1.54, 1.807) is 0 Å². The summed E-state index contributed by atoms with van der Waals surface area (Å²) in [6.45, 7) is 0. The molecule has 0 saturated heterocycles. The van der Waals surface area contributed by atoms with E-state index in [0.29, 0.717) is 11.8 Å². The smallest absolute Gasteiger partial charge is 0.0158 e. The van der Waals surface area contributed by atoms with E-state index in [9.17, 15) is 0 Å². The molecule has 0 radical (unpaired) electrons. The van der Waals surface area contributed by atoms with Gasteiger partial charge < -0.3 is 0 Å². The van der Waals surface area contributed by atoms with Crippen LogP contribution in [0.1, 0.15) is 34.9 Å². The van der Waals surface area contributed by atoms with Crippen molar-refractivity contribution in [3.8, 4) is 0 Å². The minimum absolute atomic E-state index is 0. The van der Waals surface area contributed by atoms with Crippen LogP contribution in [-0.2, 0) is 26.2 Å². The molecule has 2 aliphatic rings. The maximum atomic E-state index is 2.38. The molecule has 0 heterocycles. The Morgan fingerprint density at radius 2 is 1.58 bits per heavy atom. The SMILES string of the molecule is C1=CCC(C(c2ccccc2)C2C=Cc3ccccc32)=C1.Cl.Cl.[Zr]. The maximum Gasteiger partial charge on any atom is 0.0158 e. The Balaban J connectivity index is 0.000000960. The van der Waals surface area contributed by atoms with Crippen molar-refractivity contribution in [2.75, 3.05) is 0 Å². The van der Waals surface area contributed by atoms with Gasteiger partial charge in [-0.3, -0.25) is 0 Å². The summed E-state index contributed by atoms with van der Waals surface area (Å²) in [4.78, 5) is 0. The summed E-state index contributed by atoms with van der Waals surface area (Å²) >= 11 is 0. The molecule has 2 atom stereocenters. The third-order valence-electron chi connectivity index (χ3n) is 4.56. The number of hydrogen-bond donors (Lipinski definition) is 0. The second-order valence-electron chi connectivity index (χ2n) is 5.78. The zero-order valence-corrected chi connectivity index (χ0v) is 17.4. The van der Waals surface area contributed by atoms with Gasteiger partial charge in [-0.2, -0.15) is 0 Å². The monoisotopic (exact) mass is 432 g/mol. The van der Waals surface area contributed by atoms with Gasteiger partial charge in [-0.25, -0.2) is 0 Å². The van der Waals surface area contributed by atoms with Crippen molar-refractivity contribution in [3.05, 3.63) is 101 Å². The van der Waals surface area contributed by atoms with E-state index < -0.39 is 0 Å². The molecule has 122 valence electrons. The fraction of sp³-hybridized carbons (Fsp3) is 0.143. The Labute approximate surface area is 175 Å². The number of fused-ring (bicyclic) bond motifs is 1. The molecule has 0 aromatic heterocycles.